The molecule has 0 saturated carbocycles. The van der Waals surface area contributed by atoms with E-state index in [0.717, 1.165) is 17.8 Å². The van der Waals surface area contributed by atoms with Gasteiger partial charge in [-0.25, -0.2) is 0 Å². The van der Waals surface area contributed by atoms with E-state index >= 15 is 0 Å². The fraction of sp³-hybridized carbons (Fsp3) is 0.583. The van der Waals surface area contributed by atoms with Crippen LogP contribution in [0.5, 0.6) is 0 Å². The van der Waals surface area contributed by atoms with Crippen LogP contribution < -0.4 is 0 Å². The lowest BCUT2D eigenvalue weighted by Crippen LogP contribution is -2.24. The largest absolute Gasteiger partial charge is 0.376 e. The van der Waals surface area contributed by atoms with Gasteiger partial charge in [-0.2, -0.15) is 0 Å². The first-order valence-electron chi connectivity index (χ1n) is 5.55. The third-order valence-corrected chi connectivity index (χ3v) is 2.55. The van der Waals surface area contributed by atoms with Gasteiger partial charge < -0.3 is 14.4 Å². The summed E-state index contributed by atoms with van der Waals surface area (Å²) in [7, 11) is 4.08. The van der Waals surface area contributed by atoms with E-state index in [1.807, 2.05) is 26.4 Å². The predicted octanol–water partition coefficient (Wildman–Crippen LogP) is 1.23. The summed E-state index contributed by atoms with van der Waals surface area (Å²) in [6.45, 7) is 2.82. The van der Waals surface area contributed by atoms with Crippen molar-refractivity contribution < 1.29 is 9.47 Å². The molecule has 2 rings (SSSR count). The summed E-state index contributed by atoms with van der Waals surface area (Å²) in [5.74, 6) is 0. The van der Waals surface area contributed by atoms with Gasteiger partial charge in [0.15, 0.2) is 0 Å². The number of ether oxygens (including phenoxy) is 2. The third-order valence-electron chi connectivity index (χ3n) is 2.55. The Morgan fingerprint density at radius 3 is 3.00 bits per heavy atom. The first kappa shape index (κ1) is 11.5. The molecule has 1 aromatic rings. The Balaban J connectivity index is 2.17. The van der Waals surface area contributed by atoms with Crippen LogP contribution in [0.2, 0.25) is 0 Å². The molecule has 0 aliphatic carbocycles. The molecule has 4 heteroatoms. The van der Waals surface area contributed by atoms with E-state index < -0.39 is 0 Å². The van der Waals surface area contributed by atoms with Crippen LogP contribution >= 0.6 is 0 Å². The highest BCUT2D eigenvalue weighted by Crippen LogP contribution is 2.23. The van der Waals surface area contributed by atoms with Crippen LogP contribution in [0, 0.1) is 0 Å². The summed E-state index contributed by atoms with van der Waals surface area (Å²) in [4.78, 5) is 6.52. The number of rotatable bonds is 3. The zero-order valence-corrected chi connectivity index (χ0v) is 9.85. The van der Waals surface area contributed by atoms with Crippen molar-refractivity contribution in [3.63, 3.8) is 0 Å². The summed E-state index contributed by atoms with van der Waals surface area (Å²) in [6.07, 6.45) is 1.86. The van der Waals surface area contributed by atoms with Gasteiger partial charge in [0.1, 0.15) is 6.10 Å². The minimum Gasteiger partial charge on any atom is -0.376 e. The van der Waals surface area contributed by atoms with E-state index in [1.54, 1.807) is 0 Å². The van der Waals surface area contributed by atoms with Crippen molar-refractivity contribution in [3.8, 4) is 0 Å². The SMILES string of the molecule is CN(C)Cc1ncccc1C1COCCO1. The summed E-state index contributed by atoms with van der Waals surface area (Å²) < 4.78 is 11.1. The number of hydrogen-bond donors (Lipinski definition) is 0. The van der Waals surface area contributed by atoms with Crippen LogP contribution in [-0.2, 0) is 16.0 Å². The third kappa shape index (κ3) is 2.78. The summed E-state index contributed by atoms with van der Waals surface area (Å²) in [5, 5.41) is 0. The highest BCUT2D eigenvalue weighted by atomic mass is 16.6. The topological polar surface area (TPSA) is 34.6 Å². The van der Waals surface area contributed by atoms with E-state index in [2.05, 4.69) is 16.0 Å². The molecule has 88 valence electrons. The Bertz CT molecular complexity index is 336. The molecular weight excluding hydrogens is 204 g/mol. The normalized spacial score (nSPS) is 21.3. The van der Waals surface area contributed by atoms with Gasteiger partial charge in [0, 0.05) is 18.3 Å². The lowest BCUT2D eigenvalue weighted by molar-refractivity contribution is -0.0907. The Morgan fingerprint density at radius 2 is 2.31 bits per heavy atom. The second kappa shape index (κ2) is 5.39. The van der Waals surface area contributed by atoms with Crippen molar-refractivity contribution in [1.29, 1.82) is 0 Å². The molecule has 1 saturated heterocycles. The van der Waals surface area contributed by atoms with Gasteiger partial charge in [-0.1, -0.05) is 6.07 Å². The van der Waals surface area contributed by atoms with Crippen molar-refractivity contribution in [2.45, 2.75) is 12.6 Å². The van der Waals surface area contributed by atoms with Gasteiger partial charge in [-0.05, 0) is 20.2 Å². The molecule has 2 heterocycles. The maximum absolute atomic E-state index is 5.70. The minimum absolute atomic E-state index is 0.0393. The maximum Gasteiger partial charge on any atom is 0.108 e. The molecule has 1 aliphatic rings. The molecule has 1 atom stereocenters. The number of pyridine rings is 1. The Labute approximate surface area is 96.2 Å². The standard InChI is InChI=1S/C12H18N2O2/c1-14(2)8-11-10(4-3-5-13-11)12-9-15-6-7-16-12/h3-5,12H,6-9H2,1-2H3. The monoisotopic (exact) mass is 222 g/mol. The molecule has 1 fully saturated rings. The Morgan fingerprint density at radius 1 is 1.44 bits per heavy atom. The van der Waals surface area contributed by atoms with E-state index in [4.69, 9.17) is 9.47 Å². The first-order valence-corrected chi connectivity index (χ1v) is 5.55. The van der Waals surface area contributed by atoms with Crippen molar-refractivity contribution in [2.75, 3.05) is 33.9 Å². The second-order valence-corrected chi connectivity index (χ2v) is 4.21. The molecule has 0 aromatic carbocycles. The molecule has 1 aliphatic heterocycles. The van der Waals surface area contributed by atoms with E-state index in [9.17, 15) is 0 Å². The predicted molar refractivity (Wildman–Crippen MR) is 61.1 cm³/mol. The molecule has 0 N–H and O–H groups in total. The zero-order chi connectivity index (χ0) is 11.4. The zero-order valence-electron chi connectivity index (χ0n) is 9.85. The van der Waals surface area contributed by atoms with E-state index in [-0.39, 0.29) is 6.10 Å². The second-order valence-electron chi connectivity index (χ2n) is 4.21. The van der Waals surface area contributed by atoms with E-state index in [1.165, 1.54) is 0 Å². The van der Waals surface area contributed by atoms with Crippen molar-refractivity contribution >= 4 is 0 Å². The van der Waals surface area contributed by atoms with Crippen LogP contribution in [0.1, 0.15) is 17.4 Å². The summed E-state index contributed by atoms with van der Waals surface area (Å²) in [6, 6.07) is 4.03. The molecular formula is C12H18N2O2. The van der Waals surface area contributed by atoms with Crippen LogP contribution in [0.3, 0.4) is 0 Å². The molecule has 1 aromatic heterocycles. The smallest absolute Gasteiger partial charge is 0.108 e. The van der Waals surface area contributed by atoms with Crippen LogP contribution in [0.15, 0.2) is 18.3 Å². The van der Waals surface area contributed by atoms with Crippen LogP contribution in [0.4, 0.5) is 0 Å². The van der Waals surface area contributed by atoms with Crippen molar-refractivity contribution in [2.24, 2.45) is 0 Å². The lowest BCUT2D eigenvalue weighted by atomic mass is 10.1. The Kier molecular flexibility index (Phi) is 3.88. The fourth-order valence-corrected chi connectivity index (χ4v) is 1.84. The lowest BCUT2D eigenvalue weighted by Gasteiger charge is -2.25. The fourth-order valence-electron chi connectivity index (χ4n) is 1.84. The number of nitrogens with zero attached hydrogens (tertiary/aromatic N) is 2. The van der Waals surface area contributed by atoms with Gasteiger partial charge in [-0.3, -0.25) is 4.98 Å². The highest BCUT2D eigenvalue weighted by Gasteiger charge is 2.20. The number of hydrogen-bond acceptors (Lipinski definition) is 4. The Hall–Kier alpha value is -0.970. The van der Waals surface area contributed by atoms with Gasteiger partial charge in [0.25, 0.3) is 0 Å². The quantitative estimate of drug-likeness (QED) is 0.770. The summed E-state index contributed by atoms with van der Waals surface area (Å²) in [5.41, 5.74) is 2.22. The van der Waals surface area contributed by atoms with Crippen LogP contribution in [-0.4, -0.2) is 43.8 Å². The van der Waals surface area contributed by atoms with Crippen molar-refractivity contribution in [1.82, 2.24) is 9.88 Å². The first-order chi connectivity index (χ1) is 7.77. The van der Waals surface area contributed by atoms with Gasteiger partial charge in [-0.15, -0.1) is 0 Å². The molecule has 4 nitrogen and oxygen atoms in total. The average Bonchev–Trinajstić information content (AvgIpc) is 2.30. The van der Waals surface area contributed by atoms with Crippen molar-refractivity contribution in [3.05, 3.63) is 29.6 Å². The van der Waals surface area contributed by atoms with Gasteiger partial charge in [0.05, 0.1) is 25.5 Å². The van der Waals surface area contributed by atoms with Gasteiger partial charge >= 0.3 is 0 Å². The number of aromatic nitrogens is 1. The minimum atomic E-state index is 0.0393. The van der Waals surface area contributed by atoms with E-state index in [0.29, 0.717) is 19.8 Å². The average molecular weight is 222 g/mol. The molecule has 0 amide bonds. The molecule has 0 spiro atoms. The molecule has 1 unspecified atom stereocenters. The molecule has 0 bridgehead atoms. The molecule has 16 heavy (non-hydrogen) atoms. The highest BCUT2D eigenvalue weighted by molar-refractivity contribution is 5.23. The summed E-state index contributed by atoms with van der Waals surface area (Å²) >= 11 is 0. The maximum atomic E-state index is 5.70. The van der Waals surface area contributed by atoms with Crippen LogP contribution in [0.25, 0.3) is 0 Å². The molecule has 0 radical (unpaired) electrons. The van der Waals surface area contributed by atoms with Gasteiger partial charge in [0.2, 0.25) is 0 Å².